The number of hydrogen-bond donors (Lipinski definition) is 2. The topological polar surface area (TPSA) is 57.9 Å². The van der Waals surface area contributed by atoms with E-state index in [1.807, 2.05) is 43.4 Å². The van der Waals surface area contributed by atoms with Crippen molar-refractivity contribution in [1.82, 2.24) is 4.57 Å². The number of benzene rings is 2. The van der Waals surface area contributed by atoms with E-state index >= 15 is 0 Å². The third kappa shape index (κ3) is 2.28. The summed E-state index contributed by atoms with van der Waals surface area (Å²) in [5.74, 6) is 0.757. The molecule has 6 heteroatoms. The van der Waals surface area contributed by atoms with Crippen molar-refractivity contribution in [2.45, 2.75) is 25.0 Å². The highest BCUT2D eigenvalue weighted by Gasteiger charge is 2.57. The van der Waals surface area contributed by atoms with Crippen molar-refractivity contribution >= 4 is 23.4 Å². The number of nitrogens with zero attached hydrogens (tertiary/aromatic N) is 2. The SMILES string of the molecule is CN1c2ccc(-n3c(O)ccc3O)cc2C(C)(C)C12C=Cc1cc(Cl)ccc1O2. The molecule has 3 heterocycles. The lowest BCUT2D eigenvalue weighted by Gasteiger charge is -2.45. The van der Waals surface area contributed by atoms with Gasteiger partial charge < -0.3 is 19.8 Å². The highest BCUT2D eigenvalue weighted by molar-refractivity contribution is 6.30. The van der Waals surface area contributed by atoms with Gasteiger partial charge in [0, 0.05) is 35.5 Å². The van der Waals surface area contributed by atoms with E-state index in [1.54, 1.807) is 0 Å². The van der Waals surface area contributed by atoms with E-state index in [2.05, 4.69) is 30.9 Å². The first-order chi connectivity index (χ1) is 13.7. The molecule has 2 aliphatic rings. The van der Waals surface area contributed by atoms with Crippen molar-refractivity contribution in [3.8, 4) is 23.2 Å². The third-order valence-corrected chi connectivity index (χ3v) is 6.47. The van der Waals surface area contributed by atoms with Crippen LogP contribution >= 0.6 is 11.6 Å². The van der Waals surface area contributed by atoms with Crippen LogP contribution in [0, 0.1) is 0 Å². The van der Waals surface area contributed by atoms with Crippen LogP contribution in [0.4, 0.5) is 5.69 Å². The Kier molecular flexibility index (Phi) is 3.56. The number of likely N-dealkylation sites (N-methyl/N-ethyl adjacent to an activating group) is 1. The molecule has 2 aliphatic heterocycles. The molecule has 1 unspecified atom stereocenters. The summed E-state index contributed by atoms with van der Waals surface area (Å²) in [6.07, 6.45) is 4.13. The van der Waals surface area contributed by atoms with Crippen molar-refractivity contribution in [2.75, 3.05) is 11.9 Å². The van der Waals surface area contributed by atoms with Crippen LogP contribution in [-0.2, 0) is 5.41 Å². The Morgan fingerprint density at radius 1 is 0.966 bits per heavy atom. The predicted molar refractivity (Wildman–Crippen MR) is 114 cm³/mol. The second-order valence-corrected chi connectivity index (χ2v) is 8.52. The molecular formula is C23H21ClN2O3. The first-order valence-electron chi connectivity index (χ1n) is 9.41. The molecule has 3 aromatic rings. The van der Waals surface area contributed by atoms with Gasteiger partial charge in [0.2, 0.25) is 5.72 Å². The molecule has 1 aromatic heterocycles. The maximum Gasteiger partial charge on any atom is 0.211 e. The lowest BCUT2D eigenvalue weighted by molar-refractivity contribution is 0.0582. The van der Waals surface area contributed by atoms with Gasteiger partial charge in [0.25, 0.3) is 0 Å². The van der Waals surface area contributed by atoms with Gasteiger partial charge in [-0.1, -0.05) is 11.6 Å². The van der Waals surface area contributed by atoms with E-state index < -0.39 is 11.1 Å². The number of fused-ring (bicyclic) bond motifs is 2. The minimum Gasteiger partial charge on any atom is -0.494 e. The smallest absolute Gasteiger partial charge is 0.211 e. The van der Waals surface area contributed by atoms with E-state index in [-0.39, 0.29) is 11.8 Å². The highest BCUT2D eigenvalue weighted by Crippen LogP contribution is 2.54. The Hall–Kier alpha value is -3.05. The van der Waals surface area contributed by atoms with Crippen LogP contribution in [0.15, 0.2) is 54.6 Å². The first kappa shape index (κ1) is 18.0. The fourth-order valence-corrected chi connectivity index (χ4v) is 4.77. The fraction of sp³-hybridized carbons (Fsp3) is 0.217. The molecule has 29 heavy (non-hydrogen) atoms. The molecule has 0 saturated carbocycles. The fourth-order valence-electron chi connectivity index (χ4n) is 4.59. The largest absolute Gasteiger partial charge is 0.494 e. The van der Waals surface area contributed by atoms with Gasteiger partial charge in [0.15, 0.2) is 11.8 Å². The summed E-state index contributed by atoms with van der Waals surface area (Å²) < 4.78 is 8.01. The zero-order chi connectivity index (χ0) is 20.6. The van der Waals surface area contributed by atoms with Crippen molar-refractivity contribution in [3.63, 3.8) is 0 Å². The molecule has 0 radical (unpaired) electrons. The minimum absolute atomic E-state index is 0.0130. The average molecular weight is 409 g/mol. The zero-order valence-electron chi connectivity index (χ0n) is 16.3. The molecule has 2 aromatic carbocycles. The van der Waals surface area contributed by atoms with E-state index in [0.717, 1.165) is 22.6 Å². The zero-order valence-corrected chi connectivity index (χ0v) is 17.1. The standard InChI is InChI=1S/C23H21ClN2O3/c1-22(2)17-13-16(26-20(27)8-9-21(26)28)5-6-18(17)25(3)23(22)11-10-14-12-15(24)4-7-19(14)29-23/h4-13,27-28H,1-3H3. The number of rotatable bonds is 1. The Bertz CT molecular complexity index is 1160. The normalized spacial score (nSPS) is 21.2. The van der Waals surface area contributed by atoms with Crippen LogP contribution in [0.1, 0.15) is 25.0 Å². The highest BCUT2D eigenvalue weighted by atomic mass is 35.5. The molecule has 0 saturated heterocycles. The molecule has 5 rings (SSSR count). The maximum atomic E-state index is 10.1. The number of ether oxygens (including phenoxy) is 1. The number of anilines is 1. The summed E-state index contributed by atoms with van der Waals surface area (Å²) in [6, 6.07) is 14.4. The molecule has 148 valence electrons. The second-order valence-electron chi connectivity index (χ2n) is 8.08. The number of aromatic hydroxyl groups is 2. The van der Waals surface area contributed by atoms with Gasteiger partial charge in [0.1, 0.15) is 5.75 Å². The van der Waals surface area contributed by atoms with Gasteiger partial charge in [-0.05, 0) is 68.0 Å². The summed E-state index contributed by atoms with van der Waals surface area (Å²) >= 11 is 6.13. The first-order valence-corrected chi connectivity index (χ1v) is 9.79. The lowest BCUT2D eigenvalue weighted by atomic mass is 9.76. The Morgan fingerprint density at radius 2 is 1.69 bits per heavy atom. The molecular weight excluding hydrogens is 388 g/mol. The van der Waals surface area contributed by atoms with Crippen LogP contribution in [-0.4, -0.2) is 27.6 Å². The number of aromatic nitrogens is 1. The van der Waals surface area contributed by atoms with Crippen LogP contribution in [0.3, 0.4) is 0 Å². The quantitative estimate of drug-likeness (QED) is 0.590. The van der Waals surface area contributed by atoms with Gasteiger partial charge in [0.05, 0.1) is 11.1 Å². The molecule has 0 amide bonds. The van der Waals surface area contributed by atoms with Gasteiger partial charge in [-0.25, -0.2) is 0 Å². The van der Waals surface area contributed by atoms with E-state index in [4.69, 9.17) is 16.3 Å². The number of hydrogen-bond acceptors (Lipinski definition) is 4. The predicted octanol–water partition coefficient (Wildman–Crippen LogP) is 5.07. The molecule has 0 bridgehead atoms. The van der Waals surface area contributed by atoms with Gasteiger partial charge >= 0.3 is 0 Å². The van der Waals surface area contributed by atoms with Crippen molar-refractivity contribution < 1.29 is 14.9 Å². The van der Waals surface area contributed by atoms with E-state index in [9.17, 15) is 10.2 Å². The van der Waals surface area contributed by atoms with Crippen LogP contribution in [0.25, 0.3) is 11.8 Å². The monoisotopic (exact) mass is 408 g/mol. The Balaban J connectivity index is 1.65. The Morgan fingerprint density at radius 3 is 2.41 bits per heavy atom. The summed E-state index contributed by atoms with van der Waals surface area (Å²) in [4.78, 5) is 2.13. The van der Waals surface area contributed by atoms with Crippen LogP contribution in [0.5, 0.6) is 17.5 Å². The van der Waals surface area contributed by atoms with Crippen molar-refractivity contribution in [3.05, 3.63) is 70.8 Å². The Labute approximate surface area is 174 Å². The number of halogens is 1. The van der Waals surface area contributed by atoms with Crippen LogP contribution < -0.4 is 9.64 Å². The average Bonchev–Trinajstić information content (AvgIpc) is 3.10. The van der Waals surface area contributed by atoms with E-state index in [0.29, 0.717) is 10.7 Å². The summed E-state index contributed by atoms with van der Waals surface area (Å²) in [5.41, 5.74) is 2.61. The minimum atomic E-state index is -0.713. The van der Waals surface area contributed by atoms with Gasteiger partial charge in [-0.15, -0.1) is 0 Å². The van der Waals surface area contributed by atoms with Gasteiger partial charge in [-0.2, -0.15) is 0 Å². The summed E-state index contributed by atoms with van der Waals surface area (Å²) in [6.45, 7) is 4.28. The summed E-state index contributed by atoms with van der Waals surface area (Å²) in [7, 11) is 2.02. The maximum absolute atomic E-state index is 10.1. The van der Waals surface area contributed by atoms with Crippen molar-refractivity contribution in [1.29, 1.82) is 0 Å². The van der Waals surface area contributed by atoms with Gasteiger partial charge in [-0.3, -0.25) is 4.57 Å². The molecule has 2 N–H and O–H groups in total. The van der Waals surface area contributed by atoms with Crippen LogP contribution in [0.2, 0.25) is 5.02 Å². The van der Waals surface area contributed by atoms with Crippen molar-refractivity contribution in [2.24, 2.45) is 0 Å². The molecule has 5 nitrogen and oxygen atoms in total. The molecule has 0 fully saturated rings. The summed E-state index contributed by atoms with van der Waals surface area (Å²) in [5, 5.41) is 20.9. The lowest BCUT2D eigenvalue weighted by Crippen LogP contribution is -2.58. The second kappa shape index (κ2) is 5.74. The van der Waals surface area contributed by atoms with E-state index in [1.165, 1.54) is 16.7 Å². The molecule has 0 aliphatic carbocycles. The third-order valence-electron chi connectivity index (χ3n) is 6.23. The molecule has 1 spiro atoms. The molecule has 1 atom stereocenters.